The van der Waals surface area contributed by atoms with Crippen LogP contribution in [0.25, 0.3) is 10.6 Å². The molecule has 3 aromatic rings. The van der Waals surface area contributed by atoms with Crippen LogP contribution in [0, 0.1) is 0 Å². The molecule has 0 aliphatic heterocycles. The highest BCUT2D eigenvalue weighted by Gasteiger charge is 2.14. The molecular formula is C27H30ClNO3. The fraction of sp³-hybridized carbons (Fsp3) is 0.259. The van der Waals surface area contributed by atoms with E-state index in [4.69, 9.17) is 21.1 Å². The molecule has 0 amide bonds. The van der Waals surface area contributed by atoms with Gasteiger partial charge in [0, 0.05) is 12.1 Å². The van der Waals surface area contributed by atoms with Crippen molar-refractivity contribution >= 4 is 22.2 Å². The zero-order valence-electron chi connectivity index (χ0n) is 18.8. The van der Waals surface area contributed by atoms with Crippen LogP contribution in [0.15, 0.2) is 72.8 Å². The van der Waals surface area contributed by atoms with Crippen LogP contribution >= 0.6 is 11.6 Å². The van der Waals surface area contributed by atoms with E-state index in [2.05, 4.69) is 18.7 Å². The summed E-state index contributed by atoms with van der Waals surface area (Å²) in [6.45, 7) is 7.90. The van der Waals surface area contributed by atoms with Crippen LogP contribution in [0.5, 0.6) is 17.2 Å². The van der Waals surface area contributed by atoms with Crippen molar-refractivity contribution in [2.24, 2.45) is 0 Å². The number of halogens is 1. The molecule has 3 aromatic carbocycles. The lowest BCUT2D eigenvalue weighted by Gasteiger charge is -2.18. The molecule has 1 N–H and O–H groups in total. The van der Waals surface area contributed by atoms with E-state index in [1.807, 2.05) is 54.6 Å². The monoisotopic (exact) mass is 451 g/mol. The molecule has 0 bridgehead atoms. The Hall–Kier alpha value is -2.95. The quantitative estimate of drug-likeness (QED) is 0.368. The van der Waals surface area contributed by atoms with Crippen molar-refractivity contribution in [2.75, 3.05) is 33.4 Å². The molecule has 0 unspecified atom stereocenters. The topological polar surface area (TPSA) is 41.9 Å². The summed E-state index contributed by atoms with van der Waals surface area (Å²) in [5.41, 5.74) is 3.64. The Morgan fingerprint density at radius 1 is 0.875 bits per heavy atom. The lowest BCUT2D eigenvalue weighted by molar-refractivity contribution is 0.223. The maximum Gasteiger partial charge on any atom is 0.161 e. The third kappa shape index (κ3) is 5.84. The number of likely N-dealkylation sites (N-methyl/N-ethyl adjacent to an activating group) is 1. The van der Waals surface area contributed by atoms with E-state index in [1.165, 1.54) is 7.11 Å². The van der Waals surface area contributed by atoms with Gasteiger partial charge in [0.15, 0.2) is 11.5 Å². The van der Waals surface area contributed by atoms with E-state index in [-0.39, 0.29) is 5.75 Å². The van der Waals surface area contributed by atoms with Crippen molar-refractivity contribution in [3.05, 3.63) is 89.5 Å². The van der Waals surface area contributed by atoms with Crippen LogP contribution in [0.3, 0.4) is 0 Å². The van der Waals surface area contributed by atoms with Crippen molar-refractivity contribution in [3.8, 4) is 17.2 Å². The maximum atomic E-state index is 9.96. The van der Waals surface area contributed by atoms with Gasteiger partial charge in [-0.3, -0.25) is 0 Å². The molecule has 0 heterocycles. The van der Waals surface area contributed by atoms with Crippen LogP contribution in [0.2, 0.25) is 0 Å². The van der Waals surface area contributed by atoms with Crippen LogP contribution in [0.4, 0.5) is 0 Å². The summed E-state index contributed by atoms with van der Waals surface area (Å²) in [7, 11) is 1.52. The van der Waals surface area contributed by atoms with Crippen molar-refractivity contribution in [2.45, 2.75) is 13.8 Å². The SMILES string of the molecule is CCN(CC)CCOc1ccc(/C(=C(\Cl)c2ccc(O)c(OC)c2)c2ccccc2)cc1. The zero-order valence-corrected chi connectivity index (χ0v) is 19.6. The van der Waals surface area contributed by atoms with Crippen LogP contribution in [-0.2, 0) is 0 Å². The highest BCUT2D eigenvalue weighted by atomic mass is 35.5. The van der Waals surface area contributed by atoms with Crippen LogP contribution in [-0.4, -0.2) is 43.4 Å². The van der Waals surface area contributed by atoms with E-state index < -0.39 is 0 Å². The highest BCUT2D eigenvalue weighted by Crippen LogP contribution is 2.38. The summed E-state index contributed by atoms with van der Waals surface area (Å²) in [5.74, 6) is 1.29. The fourth-order valence-corrected chi connectivity index (χ4v) is 3.87. The number of phenolic OH excluding ortho intramolecular Hbond substituents is 1. The standard InChI is InChI=1S/C27H30ClNO3/c1-4-29(5-2)17-18-32-23-14-11-21(12-15-23)26(20-9-7-6-8-10-20)27(28)22-13-16-24(30)25(19-22)31-3/h6-16,19,30H,4-5,17-18H2,1-3H3/b27-26-. The Morgan fingerprint density at radius 3 is 2.12 bits per heavy atom. The molecule has 0 saturated carbocycles. The number of ether oxygens (including phenoxy) is 2. The normalized spacial score (nSPS) is 11.9. The summed E-state index contributed by atoms with van der Waals surface area (Å²) in [6, 6.07) is 23.1. The first-order valence-electron chi connectivity index (χ1n) is 10.9. The lowest BCUT2D eigenvalue weighted by Crippen LogP contribution is -2.27. The second-order valence-electron chi connectivity index (χ2n) is 7.34. The van der Waals surface area contributed by atoms with E-state index in [1.54, 1.807) is 18.2 Å². The first-order chi connectivity index (χ1) is 15.6. The number of methoxy groups -OCH3 is 1. The Morgan fingerprint density at radius 2 is 1.50 bits per heavy atom. The molecule has 0 fully saturated rings. The van der Waals surface area contributed by atoms with Gasteiger partial charge in [-0.05, 0) is 60.1 Å². The van der Waals surface area contributed by atoms with Crippen molar-refractivity contribution in [1.29, 1.82) is 0 Å². The summed E-state index contributed by atoms with van der Waals surface area (Å²) in [5, 5.41) is 10.5. The summed E-state index contributed by atoms with van der Waals surface area (Å²) < 4.78 is 11.2. The molecule has 0 radical (unpaired) electrons. The predicted octanol–water partition coefficient (Wildman–Crippen LogP) is 6.28. The molecule has 5 heteroatoms. The fourth-order valence-electron chi connectivity index (χ4n) is 3.53. The van der Waals surface area contributed by atoms with Gasteiger partial charge in [0.25, 0.3) is 0 Å². The van der Waals surface area contributed by atoms with Gasteiger partial charge in [-0.1, -0.05) is 67.9 Å². The van der Waals surface area contributed by atoms with Gasteiger partial charge < -0.3 is 19.5 Å². The number of nitrogens with zero attached hydrogens (tertiary/aromatic N) is 1. The van der Waals surface area contributed by atoms with Crippen LogP contribution < -0.4 is 9.47 Å². The number of benzene rings is 3. The van der Waals surface area contributed by atoms with Gasteiger partial charge in [-0.15, -0.1) is 0 Å². The second-order valence-corrected chi connectivity index (χ2v) is 7.72. The van der Waals surface area contributed by atoms with Gasteiger partial charge in [-0.2, -0.15) is 0 Å². The minimum atomic E-state index is 0.0770. The zero-order chi connectivity index (χ0) is 22.9. The third-order valence-corrected chi connectivity index (χ3v) is 5.84. The molecule has 0 aliphatic carbocycles. The molecule has 0 aromatic heterocycles. The third-order valence-electron chi connectivity index (χ3n) is 5.43. The minimum absolute atomic E-state index is 0.0770. The average Bonchev–Trinajstić information content (AvgIpc) is 2.84. The first-order valence-corrected chi connectivity index (χ1v) is 11.2. The van der Waals surface area contributed by atoms with Gasteiger partial charge in [0.1, 0.15) is 12.4 Å². The van der Waals surface area contributed by atoms with Gasteiger partial charge >= 0.3 is 0 Å². The number of phenols is 1. The van der Waals surface area contributed by atoms with E-state index in [0.717, 1.165) is 47.6 Å². The Balaban J connectivity index is 1.93. The smallest absolute Gasteiger partial charge is 0.161 e. The molecule has 4 nitrogen and oxygen atoms in total. The second kappa shape index (κ2) is 11.6. The highest BCUT2D eigenvalue weighted by molar-refractivity contribution is 6.53. The van der Waals surface area contributed by atoms with E-state index in [9.17, 15) is 5.11 Å². The number of aromatic hydroxyl groups is 1. The molecular weight excluding hydrogens is 422 g/mol. The van der Waals surface area contributed by atoms with Gasteiger partial charge in [0.2, 0.25) is 0 Å². The number of hydrogen-bond acceptors (Lipinski definition) is 4. The molecule has 168 valence electrons. The van der Waals surface area contributed by atoms with Crippen LogP contribution in [0.1, 0.15) is 30.5 Å². The van der Waals surface area contributed by atoms with E-state index >= 15 is 0 Å². The predicted molar refractivity (Wildman–Crippen MR) is 133 cm³/mol. The molecule has 3 rings (SSSR count). The molecule has 0 spiro atoms. The number of rotatable bonds is 10. The van der Waals surface area contributed by atoms with Crippen molar-refractivity contribution in [1.82, 2.24) is 4.90 Å². The van der Waals surface area contributed by atoms with Crippen molar-refractivity contribution < 1.29 is 14.6 Å². The largest absolute Gasteiger partial charge is 0.504 e. The Labute approximate surface area is 195 Å². The summed E-state index contributed by atoms with van der Waals surface area (Å²) in [6.07, 6.45) is 0. The molecule has 0 aliphatic rings. The van der Waals surface area contributed by atoms with E-state index in [0.29, 0.717) is 17.4 Å². The number of hydrogen-bond donors (Lipinski definition) is 1. The van der Waals surface area contributed by atoms with Gasteiger partial charge in [0.05, 0.1) is 12.1 Å². The Kier molecular flexibility index (Phi) is 8.60. The van der Waals surface area contributed by atoms with Crippen molar-refractivity contribution in [3.63, 3.8) is 0 Å². The minimum Gasteiger partial charge on any atom is -0.504 e. The molecule has 32 heavy (non-hydrogen) atoms. The lowest BCUT2D eigenvalue weighted by atomic mass is 9.95. The first kappa shape index (κ1) is 23.7. The Bertz CT molecular complexity index is 1030. The summed E-state index contributed by atoms with van der Waals surface area (Å²) in [4.78, 5) is 2.33. The average molecular weight is 452 g/mol. The molecule has 0 atom stereocenters. The molecule has 0 saturated heterocycles. The van der Waals surface area contributed by atoms with Gasteiger partial charge in [-0.25, -0.2) is 0 Å². The summed E-state index contributed by atoms with van der Waals surface area (Å²) >= 11 is 6.92. The maximum absolute atomic E-state index is 9.96.